The Labute approximate surface area is 203 Å². The molecule has 1 N–H and O–H groups in total. The van der Waals surface area contributed by atoms with Crippen LogP contribution in [0.4, 0.5) is 17.2 Å². The number of rotatable bonds is 8. The molecule has 1 atom stereocenters. The van der Waals surface area contributed by atoms with E-state index in [1.165, 1.54) is 12.4 Å². The van der Waals surface area contributed by atoms with E-state index < -0.39 is 19.5 Å². The molecular weight excluding hydrogens is 504 g/mol. The first-order valence-corrected chi connectivity index (χ1v) is 14.4. The van der Waals surface area contributed by atoms with Crippen LogP contribution in [0.1, 0.15) is 34.1 Å². The smallest absolute Gasteiger partial charge is 0.311 e. The van der Waals surface area contributed by atoms with E-state index in [-0.39, 0.29) is 16.5 Å². The summed E-state index contributed by atoms with van der Waals surface area (Å²) in [5.41, 5.74) is 1.17. The van der Waals surface area contributed by atoms with Gasteiger partial charge in [0, 0.05) is 28.7 Å². The van der Waals surface area contributed by atoms with Crippen molar-refractivity contribution in [1.29, 1.82) is 0 Å². The summed E-state index contributed by atoms with van der Waals surface area (Å²) in [6.45, 7) is 12.6. The maximum Gasteiger partial charge on any atom is 0.311 e. The van der Waals surface area contributed by atoms with Gasteiger partial charge >= 0.3 is 5.69 Å². The summed E-state index contributed by atoms with van der Waals surface area (Å²) in [7, 11) is -2.13. The molecule has 1 unspecified atom stereocenters. The summed E-state index contributed by atoms with van der Waals surface area (Å²) in [5.74, 6) is 0.600. The highest BCUT2D eigenvalue weighted by atomic mass is 79.9. The normalized spacial score (nSPS) is 13.1. The van der Waals surface area contributed by atoms with Crippen LogP contribution in [0.3, 0.4) is 0 Å². The molecule has 1 heterocycles. The van der Waals surface area contributed by atoms with Gasteiger partial charge in [0.05, 0.1) is 15.8 Å². The molecule has 0 saturated carbocycles. The van der Waals surface area contributed by atoms with Gasteiger partial charge in [0.15, 0.2) is 14.6 Å². The van der Waals surface area contributed by atoms with Crippen LogP contribution < -0.4 is 10.1 Å². The molecule has 176 valence electrons. The van der Waals surface area contributed by atoms with Crippen LogP contribution in [-0.2, 0) is 4.43 Å². The van der Waals surface area contributed by atoms with Gasteiger partial charge in [-0.25, -0.2) is 9.97 Å². The third-order valence-electron chi connectivity index (χ3n) is 5.82. The van der Waals surface area contributed by atoms with E-state index in [1.807, 2.05) is 31.2 Å². The molecule has 0 aliphatic rings. The van der Waals surface area contributed by atoms with Crippen molar-refractivity contribution in [2.24, 2.45) is 0 Å². The Bertz CT molecular complexity index is 1170. The van der Waals surface area contributed by atoms with Crippen LogP contribution in [0.15, 0.2) is 47.2 Å². The molecule has 0 bridgehead atoms. The van der Waals surface area contributed by atoms with Crippen LogP contribution in [0.2, 0.25) is 18.1 Å². The third kappa shape index (κ3) is 5.87. The number of nitrogens with one attached hydrogen (secondary N) is 1. The van der Waals surface area contributed by atoms with E-state index in [0.717, 1.165) is 10.2 Å². The van der Waals surface area contributed by atoms with Gasteiger partial charge in [-0.05, 0) is 36.3 Å². The number of nitro benzene ring substituents is 1. The molecule has 2 aromatic carbocycles. The van der Waals surface area contributed by atoms with Crippen molar-refractivity contribution in [1.82, 2.24) is 9.97 Å². The standard InChI is InChI=1S/C23H29BrN4O4Si/c1-7-21(32-33(5,6)23(2,3)4)31-20-13-18-17(12-19(20)28(29)30)22(26-14-25-18)27-16-10-8-9-15(24)11-16/h8-14,21H,7H2,1-6H3,(H,25,26,27). The number of hydrogen-bond donors (Lipinski definition) is 1. The highest BCUT2D eigenvalue weighted by Crippen LogP contribution is 2.39. The monoisotopic (exact) mass is 532 g/mol. The number of anilines is 2. The molecule has 33 heavy (non-hydrogen) atoms. The van der Waals surface area contributed by atoms with E-state index in [9.17, 15) is 10.1 Å². The lowest BCUT2D eigenvalue weighted by molar-refractivity contribution is -0.386. The van der Waals surface area contributed by atoms with Crippen molar-refractivity contribution >= 4 is 52.3 Å². The van der Waals surface area contributed by atoms with Crippen molar-refractivity contribution in [3.63, 3.8) is 0 Å². The first-order chi connectivity index (χ1) is 15.4. The minimum absolute atomic E-state index is 0.0146. The predicted octanol–water partition coefficient (Wildman–Crippen LogP) is 7.18. The van der Waals surface area contributed by atoms with E-state index in [0.29, 0.717) is 23.1 Å². The lowest BCUT2D eigenvalue weighted by Gasteiger charge is -2.38. The Balaban J connectivity index is 1.99. The fraction of sp³-hybridized carbons (Fsp3) is 0.391. The molecule has 0 spiro atoms. The SMILES string of the molecule is CCC(Oc1cc2ncnc(Nc3cccc(Br)c3)c2cc1[N+](=O)[O-])O[Si](C)(C)C(C)(C)C. The summed E-state index contributed by atoms with van der Waals surface area (Å²) in [6.07, 6.45) is 1.38. The summed E-state index contributed by atoms with van der Waals surface area (Å²) >= 11 is 3.44. The molecule has 0 radical (unpaired) electrons. The lowest BCUT2D eigenvalue weighted by atomic mass is 10.2. The number of fused-ring (bicyclic) bond motifs is 1. The maximum atomic E-state index is 11.9. The van der Waals surface area contributed by atoms with Crippen LogP contribution in [-0.4, -0.2) is 29.5 Å². The maximum absolute atomic E-state index is 11.9. The predicted molar refractivity (Wildman–Crippen MR) is 137 cm³/mol. The second kappa shape index (κ2) is 9.74. The zero-order chi connectivity index (χ0) is 24.4. The summed E-state index contributed by atoms with van der Waals surface area (Å²) in [6, 6.07) is 10.6. The van der Waals surface area contributed by atoms with Gasteiger partial charge in [-0.3, -0.25) is 10.1 Å². The van der Waals surface area contributed by atoms with E-state index in [2.05, 4.69) is 65.1 Å². The Morgan fingerprint density at radius 1 is 1.21 bits per heavy atom. The molecular formula is C23H29BrN4O4Si. The molecule has 3 rings (SSSR count). The van der Waals surface area contributed by atoms with E-state index >= 15 is 0 Å². The van der Waals surface area contributed by atoms with Gasteiger partial charge in [-0.15, -0.1) is 0 Å². The number of benzene rings is 2. The van der Waals surface area contributed by atoms with Gasteiger partial charge in [0.25, 0.3) is 0 Å². The van der Waals surface area contributed by atoms with E-state index in [4.69, 9.17) is 9.16 Å². The zero-order valence-corrected chi connectivity index (χ0v) is 22.3. The Kier molecular flexibility index (Phi) is 7.40. The van der Waals surface area contributed by atoms with Crippen LogP contribution in [0, 0.1) is 10.1 Å². The van der Waals surface area contributed by atoms with Gasteiger partial charge in [0.1, 0.15) is 12.1 Å². The topological polar surface area (TPSA) is 99.4 Å². The minimum Gasteiger partial charge on any atom is -0.459 e. The Morgan fingerprint density at radius 3 is 2.55 bits per heavy atom. The number of halogens is 1. The van der Waals surface area contributed by atoms with E-state index in [1.54, 1.807) is 6.07 Å². The van der Waals surface area contributed by atoms with Crippen molar-refractivity contribution in [2.45, 2.75) is 58.5 Å². The number of nitro groups is 1. The molecule has 8 nitrogen and oxygen atoms in total. The minimum atomic E-state index is -2.13. The fourth-order valence-electron chi connectivity index (χ4n) is 2.95. The largest absolute Gasteiger partial charge is 0.459 e. The quantitative estimate of drug-likeness (QED) is 0.142. The lowest BCUT2D eigenvalue weighted by Crippen LogP contribution is -2.45. The van der Waals surface area contributed by atoms with Crippen LogP contribution in [0.25, 0.3) is 10.9 Å². The van der Waals surface area contributed by atoms with Crippen molar-refractivity contribution in [3.05, 3.63) is 57.3 Å². The van der Waals surface area contributed by atoms with Crippen LogP contribution >= 0.6 is 15.9 Å². The van der Waals surface area contributed by atoms with Crippen LogP contribution in [0.5, 0.6) is 5.75 Å². The molecule has 0 amide bonds. The van der Waals surface area contributed by atoms with Gasteiger partial charge < -0.3 is 14.5 Å². The molecule has 0 aliphatic heterocycles. The summed E-state index contributed by atoms with van der Waals surface area (Å²) in [5, 5.41) is 15.6. The molecule has 1 aromatic heterocycles. The second-order valence-corrected chi connectivity index (χ2v) is 15.0. The average molecular weight is 533 g/mol. The number of hydrogen-bond acceptors (Lipinski definition) is 7. The molecule has 0 saturated heterocycles. The highest BCUT2D eigenvalue weighted by molar-refractivity contribution is 9.10. The first kappa shape index (κ1) is 25.1. The molecule has 0 aliphatic carbocycles. The Morgan fingerprint density at radius 2 is 1.94 bits per heavy atom. The van der Waals surface area contributed by atoms with Crippen molar-refractivity contribution < 1.29 is 14.1 Å². The fourth-order valence-corrected chi connectivity index (χ4v) is 4.57. The van der Waals surface area contributed by atoms with Crippen molar-refractivity contribution in [3.8, 4) is 5.75 Å². The molecule has 0 fully saturated rings. The zero-order valence-electron chi connectivity index (χ0n) is 19.7. The number of ether oxygens (including phenoxy) is 1. The average Bonchev–Trinajstić information content (AvgIpc) is 2.72. The summed E-state index contributed by atoms with van der Waals surface area (Å²) in [4.78, 5) is 20.1. The second-order valence-electron chi connectivity index (χ2n) is 9.29. The highest BCUT2D eigenvalue weighted by Gasteiger charge is 2.39. The number of aromatic nitrogens is 2. The third-order valence-corrected chi connectivity index (χ3v) is 10.8. The Hall–Kier alpha value is -2.56. The van der Waals surface area contributed by atoms with Gasteiger partial charge in [0.2, 0.25) is 5.75 Å². The van der Waals surface area contributed by atoms with Crippen molar-refractivity contribution in [2.75, 3.05) is 5.32 Å². The number of nitrogens with zero attached hydrogens (tertiary/aromatic N) is 3. The molecule has 10 heteroatoms. The van der Waals surface area contributed by atoms with Gasteiger partial charge in [-0.1, -0.05) is 49.7 Å². The van der Waals surface area contributed by atoms with Gasteiger partial charge in [-0.2, -0.15) is 0 Å². The first-order valence-electron chi connectivity index (χ1n) is 10.7. The summed E-state index contributed by atoms with van der Waals surface area (Å²) < 4.78 is 13.3. The molecule has 3 aromatic rings.